The van der Waals surface area contributed by atoms with Crippen molar-refractivity contribution >= 4 is 23.4 Å². The lowest BCUT2D eigenvalue weighted by Gasteiger charge is -2.11. The highest BCUT2D eigenvalue weighted by molar-refractivity contribution is 6.33. The Morgan fingerprint density at radius 2 is 1.77 bits per heavy atom. The fourth-order valence-electron chi connectivity index (χ4n) is 2.83. The number of halogens is 1. The molecule has 2 amide bonds. The lowest BCUT2D eigenvalue weighted by atomic mass is 10.2. The standard InChI is InChI=1S/C21H21ClN4O4/c1-4-30-16-11-10-14(12-17(16)29-3)20(27)23-24-21(28)18-13(2)25-26(19(18)22)15-8-6-5-7-9-15/h5-12H,4H2,1-3H3,(H,23,27)(H,24,28). The van der Waals surface area contributed by atoms with Crippen LogP contribution >= 0.6 is 11.6 Å². The number of aryl methyl sites for hydroxylation is 1. The van der Waals surface area contributed by atoms with Crippen molar-refractivity contribution < 1.29 is 19.1 Å². The normalized spacial score (nSPS) is 10.4. The Morgan fingerprint density at radius 3 is 2.43 bits per heavy atom. The summed E-state index contributed by atoms with van der Waals surface area (Å²) >= 11 is 6.37. The van der Waals surface area contributed by atoms with Crippen molar-refractivity contribution in [3.8, 4) is 17.2 Å². The lowest BCUT2D eigenvalue weighted by molar-refractivity contribution is 0.0846. The van der Waals surface area contributed by atoms with Gasteiger partial charge in [-0.3, -0.25) is 20.4 Å². The van der Waals surface area contributed by atoms with Crippen LogP contribution in [0.3, 0.4) is 0 Å². The van der Waals surface area contributed by atoms with Crippen LogP contribution in [0.4, 0.5) is 0 Å². The average molecular weight is 429 g/mol. The summed E-state index contributed by atoms with van der Waals surface area (Å²) in [6.07, 6.45) is 0. The molecule has 0 fully saturated rings. The van der Waals surface area contributed by atoms with Crippen LogP contribution < -0.4 is 20.3 Å². The van der Waals surface area contributed by atoms with Crippen LogP contribution in [-0.4, -0.2) is 35.3 Å². The number of carbonyl (C=O) groups is 2. The summed E-state index contributed by atoms with van der Waals surface area (Å²) in [5.41, 5.74) is 6.35. The van der Waals surface area contributed by atoms with Gasteiger partial charge in [0.1, 0.15) is 10.7 Å². The van der Waals surface area contributed by atoms with Crippen LogP contribution in [0, 0.1) is 6.92 Å². The van der Waals surface area contributed by atoms with Gasteiger partial charge in [0.05, 0.1) is 25.1 Å². The molecule has 3 rings (SSSR count). The minimum absolute atomic E-state index is 0.146. The van der Waals surface area contributed by atoms with Gasteiger partial charge in [-0.25, -0.2) is 4.68 Å². The second-order valence-corrected chi connectivity index (χ2v) is 6.56. The zero-order valence-corrected chi connectivity index (χ0v) is 17.5. The van der Waals surface area contributed by atoms with Gasteiger partial charge in [0, 0.05) is 5.56 Å². The number of benzene rings is 2. The molecule has 30 heavy (non-hydrogen) atoms. The number of hydrogen-bond acceptors (Lipinski definition) is 5. The average Bonchev–Trinajstić information content (AvgIpc) is 3.06. The van der Waals surface area contributed by atoms with Gasteiger partial charge in [0.25, 0.3) is 11.8 Å². The minimum atomic E-state index is -0.578. The molecule has 2 aromatic carbocycles. The molecule has 8 nitrogen and oxygen atoms in total. The zero-order chi connectivity index (χ0) is 21.7. The summed E-state index contributed by atoms with van der Waals surface area (Å²) in [7, 11) is 1.48. The minimum Gasteiger partial charge on any atom is -0.493 e. The first-order valence-electron chi connectivity index (χ1n) is 9.18. The lowest BCUT2D eigenvalue weighted by Crippen LogP contribution is -2.41. The molecule has 0 spiro atoms. The van der Waals surface area contributed by atoms with Gasteiger partial charge in [0.2, 0.25) is 0 Å². The highest BCUT2D eigenvalue weighted by Gasteiger charge is 2.22. The van der Waals surface area contributed by atoms with Crippen LogP contribution in [-0.2, 0) is 0 Å². The van der Waals surface area contributed by atoms with E-state index in [2.05, 4.69) is 16.0 Å². The maximum absolute atomic E-state index is 12.6. The van der Waals surface area contributed by atoms with Gasteiger partial charge in [-0.2, -0.15) is 5.10 Å². The van der Waals surface area contributed by atoms with Crippen LogP contribution in [0.2, 0.25) is 5.15 Å². The van der Waals surface area contributed by atoms with E-state index in [0.29, 0.717) is 29.4 Å². The number of rotatable bonds is 6. The van der Waals surface area contributed by atoms with Crippen LogP contribution in [0.25, 0.3) is 5.69 Å². The molecule has 0 unspecified atom stereocenters. The molecule has 3 aromatic rings. The van der Waals surface area contributed by atoms with E-state index >= 15 is 0 Å². The maximum atomic E-state index is 12.6. The number of hydrazine groups is 1. The predicted molar refractivity (Wildman–Crippen MR) is 112 cm³/mol. The van der Waals surface area contributed by atoms with Crippen molar-refractivity contribution in [3.63, 3.8) is 0 Å². The summed E-state index contributed by atoms with van der Waals surface area (Å²) in [5.74, 6) is -0.157. The second kappa shape index (κ2) is 9.32. The summed E-state index contributed by atoms with van der Waals surface area (Å²) in [6, 6.07) is 13.9. The van der Waals surface area contributed by atoms with E-state index in [9.17, 15) is 9.59 Å². The number of nitrogens with zero attached hydrogens (tertiary/aromatic N) is 2. The number of methoxy groups -OCH3 is 1. The Bertz CT molecular complexity index is 1070. The summed E-state index contributed by atoms with van der Waals surface area (Å²) in [4.78, 5) is 25.1. The molecule has 0 saturated heterocycles. The van der Waals surface area contributed by atoms with E-state index in [4.69, 9.17) is 21.1 Å². The third-order valence-electron chi connectivity index (χ3n) is 4.25. The van der Waals surface area contributed by atoms with E-state index in [1.165, 1.54) is 17.9 Å². The van der Waals surface area contributed by atoms with E-state index in [1.807, 2.05) is 37.3 Å². The molecular weight excluding hydrogens is 408 g/mol. The first-order valence-corrected chi connectivity index (χ1v) is 9.56. The van der Waals surface area contributed by atoms with Crippen LogP contribution in [0.1, 0.15) is 33.3 Å². The zero-order valence-electron chi connectivity index (χ0n) is 16.7. The number of carbonyl (C=O) groups excluding carboxylic acids is 2. The van der Waals surface area contributed by atoms with Gasteiger partial charge in [0.15, 0.2) is 11.5 Å². The quantitative estimate of drug-likeness (QED) is 0.587. The van der Waals surface area contributed by atoms with E-state index < -0.39 is 11.8 Å². The first-order chi connectivity index (χ1) is 14.5. The molecule has 1 heterocycles. The number of ether oxygens (including phenoxy) is 2. The number of nitrogens with one attached hydrogen (secondary N) is 2. The number of aromatic nitrogens is 2. The third kappa shape index (κ3) is 4.38. The Labute approximate surface area is 178 Å². The highest BCUT2D eigenvalue weighted by atomic mass is 35.5. The molecule has 1 aromatic heterocycles. The molecule has 0 atom stereocenters. The summed E-state index contributed by atoms with van der Waals surface area (Å²) in [6.45, 7) is 3.98. The molecule has 156 valence electrons. The van der Waals surface area contributed by atoms with Crippen molar-refractivity contribution in [2.45, 2.75) is 13.8 Å². The molecule has 0 aliphatic heterocycles. The molecule has 0 bridgehead atoms. The Morgan fingerprint density at radius 1 is 1.07 bits per heavy atom. The second-order valence-electron chi connectivity index (χ2n) is 6.21. The van der Waals surface area contributed by atoms with Crippen molar-refractivity contribution in [2.24, 2.45) is 0 Å². The number of amides is 2. The van der Waals surface area contributed by atoms with Gasteiger partial charge in [-0.15, -0.1) is 0 Å². The number of hydrogen-bond donors (Lipinski definition) is 2. The van der Waals surface area contributed by atoms with Crippen molar-refractivity contribution in [1.82, 2.24) is 20.6 Å². The van der Waals surface area contributed by atoms with E-state index in [0.717, 1.165) is 5.69 Å². The molecule has 0 aliphatic rings. The van der Waals surface area contributed by atoms with Crippen molar-refractivity contribution in [3.05, 3.63) is 70.5 Å². The SMILES string of the molecule is CCOc1ccc(C(=O)NNC(=O)c2c(C)nn(-c3ccccc3)c2Cl)cc1OC. The monoisotopic (exact) mass is 428 g/mol. The third-order valence-corrected chi connectivity index (χ3v) is 4.60. The molecule has 0 radical (unpaired) electrons. The fraction of sp³-hybridized carbons (Fsp3) is 0.190. The predicted octanol–water partition coefficient (Wildman–Crippen LogP) is 3.32. The van der Waals surface area contributed by atoms with Gasteiger partial charge >= 0.3 is 0 Å². The van der Waals surface area contributed by atoms with Gasteiger partial charge in [-0.1, -0.05) is 29.8 Å². The Hall–Kier alpha value is -3.52. The van der Waals surface area contributed by atoms with Crippen molar-refractivity contribution in [1.29, 1.82) is 0 Å². The molecule has 0 aliphatic carbocycles. The highest BCUT2D eigenvalue weighted by Crippen LogP contribution is 2.28. The number of para-hydroxylation sites is 1. The van der Waals surface area contributed by atoms with Crippen molar-refractivity contribution in [2.75, 3.05) is 13.7 Å². The molecule has 9 heteroatoms. The molecular formula is C21H21ClN4O4. The van der Waals surface area contributed by atoms with E-state index in [-0.39, 0.29) is 10.7 Å². The Balaban J connectivity index is 1.73. The molecule has 2 N–H and O–H groups in total. The maximum Gasteiger partial charge on any atom is 0.274 e. The largest absolute Gasteiger partial charge is 0.493 e. The van der Waals surface area contributed by atoms with Crippen LogP contribution in [0.5, 0.6) is 11.5 Å². The summed E-state index contributed by atoms with van der Waals surface area (Å²) in [5, 5.41) is 4.46. The van der Waals surface area contributed by atoms with Crippen LogP contribution in [0.15, 0.2) is 48.5 Å². The van der Waals surface area contributed by atoms with Gasteiger partial charge in [-0.05, 0) is 44.2 Å². The molecule has 0 saturated carbocycles. The fourth-order valence-corrected chi connectivity index (χ4v) is 3.19. The first kappa shape index (κ1) is 21.2. The Kier molecular flexibility index (Phi) is 6.58. The topological polar surface area (TPSA) is 94.5 Å². The van der Waals surface area contributed by atoms with E-state index in [1.54, 1.807) is 19.1 Å². The summed E-state index contributed by atoms with van der Waals surface area (Å²) < 4.78 is 12.1. The smallest absolute Gasteiger partial charge is 0.274 e. The van der Waals surface area contributed by atoms with Gasteiger partial charge < -0.3 is 9.47 Å².